The number of hydrogen-bond donors (Lipinski definition) is 1. The summed E-state index contributed by atoms with van der Waals surface area (Å²) in [5.41, 5.74) is 1.07. The third-order valence-corrected chi connectivity index (χ3v) is 2.93. The maximum Gasteiger partial charge on any atom is 0.0893 e. The zero-order valence-corrected chi connectivity index (χ0v) is 8.52. The monoisotopic (exact) mass is 197 g/mol. The smallest absolute Gasteiger partial charge is 0.0893 e. The average molecular weight is 197 g/mol. The van der Waals surface area contributed by atoms with E-state index >= 15 is 0 Å². The van der Waals surface area contributed by atoms with Crippen LogP contribution in [0, 0.1) is 5.92 Å². The molecule has 4 heteroatoms. The molecule has 0 spiro atoms. The first-order valence-corrected chi connectivity index (χ1v) is 5.75. The van der Waals surface area contributed by atoms with E-state index in [9.17, 15) is 0 Å². The zero-order valence-electron chi connectivity index (χ0n) is 7.70. The quantitative estimate of drug-likeness (QED) is 0.707. The van der Waals surface area contributed by atoms with Crippen LogP contribution < -0.4 is 5.32 Å². The number of nitrogens with one attached hydrogen (secondary N) is 1. The van der Waals surface area contributed by atoms with Gasteiger partial charge in [-0.3, -0.25) is 0 Å². The van der Waals surface area contributed by atoms with Crippen molar-refractivity contribution in [3.05, 3.63) is 11.1 Å². The maximum absolute atomic E-state index is 3.97. The van der Waals surface area contributed by atoms with Gasteiger partial charge in [-0.25, -0.2) is 0 Å². The number of hydrogen-bond acceptors (Lipinski definition) is 4. The normalized spacial score (nSPS) is 16.3. The molecule has 0 saturated heterocycles. The molecule has 1 N–H and O–H groups in total. The Morgan fingerprint density at radius 1 is 1.54 bits per heavy atom. The van der Waals surface area contributed by atoms with Gasteiger partial charge in [0.2, 0.25) is 0 Å². The van der Waals surface area contributed by atoms with Crippen LogP contribution in [0.25, 0.3) is 0 Å². The Labute approximate surface area is 82.7 Å². The van der Waals surface area contributed by atoms with E-state index in [1.165, 1.54) is 37.2 Å². The molecular weight excluding hydrogens is 182 g/mol. The predicted molar refractivity (Wildman–Crippen MR) is 53.6 cm³/mol. The van der Waals surface area contributed by atoms with E-state index in [1.54, 1.807) is 0 Å². The molecular formula is C9H15N3S. The second kappa shape index (κ2) is 4.67. The van der Waals surface area contributed by atoms with E-state index in [4.69, 9.17) is 0 Å². The molecule has 13 heavy (non-hydrogen) atoms. The minimum atomic E-state index is 0.876. The molecule has 0 atom stereocenters. The molecule has 2 rings (SSSR count). The van der Waals surface area contributed by atoms with Crippen LogP contribution in [0.2, 0.25) is 0 Å². The summed E-state index contributed by atoms with van der Waals surface area (Å²) in [5.74, 6) is 1.06. The van der Waals surface area contributed by atoms with Crippen LogP contribution in [0.3, 0.4) is 0 Å². The zero-order chi connectivity index (χ0) is 8.93. The van der Waals surface area contributed by atoms with Crippen molar-refractivity contribution in [3.8, 4) is 0 Å². The molecule has 1 aliphatic carbocycles. The number of rotatable bonds is 6. The lowest BCUT2D eigenvalue weighted by Crippen LogP contribution is -2.14. The van der Waals surface area contributed by atoms with Crippen molar-refractivity contribution in [2.45, 2.75) is 32.2 Å². The lowest BCUT2D eigenvalue weighted by Gasteiger charge is -2.00. The van der Waals surface area contributed by atoms with Crippen molar-refractivity contribution in [1.82, 2.24) is 14.9 Å². The highest BCUT2D eigenvalue weighted by Gasteiger charge is 2.19. The van der Waals surface area contributed by atoms with Gasteiger partial charge in [0.25, 0.3) is 0 Å². The fourth-order valence-corrected chi connectivity index (χ4v) is 1.85. The fraction of sp³-hybridized carbons (Fsp3) is 0.778. The predicted octanol–water partition coefficient (Wildman–Crippen LogP) is 1.82. The molecule has 3 nitrogen and oxygen atoms in total. The van der Waals surface area contributed by atoms with Crippen molar-refractivity contribution in [2.75, 3.05) is 6.54 Å². The minimum Gasteiger partial charge on any atom is -0.311 e. The van der Waals surface area contributed by atoms with Gasteiger partial charge in [-0.2, -0.15) is 0 Å². The standard InChI is InChI=1S/C9H15N3S/c1(2-8-3-4-8)5-10-6-9-7-13-12-11-9/h7-8,10H,1-6H2. The lowest BCUT2D eigenvalue weighted by atomic mass is 10.2. The topological polar surface area (TPSA) is 37.8 Å². The lowest BCUT2D eigenvalue weighted by molar-refractivity contribution is 0.589. The van der Waals surface area contributed by atoms with Crippen molar-refractivity contribution < 1.29 is 0 Å². The van der Waals surface area contributed by atoms with Gasteiger partial charge in [0.1, 0.15) is 0 Å². The Morgan fingerprint density at radius 3 is 3.15 bits per heavy atom. The molecule has 0 amide bonds. The Bertz CT molecular complexity index is 231. The second-order valence-corrected chi connectivity index (χ2v) is 4.27. The number of aromatic nitrogens is 2. The molecule has 0 unspecified atom stereocenters. The third kappa shape index (κ3) is 3.40. The van der Waals surface area contributed by atoms with Crippen LogP contribution >= 0.6 is 11.5 Å². The maximum atomic E-state index is 3.97. The van der Waals surface area contributed by atoms with Crippen molar-refractivity contribution in [3.63, 3.8) is 0 Å². The summed E-state index contributed by atoms with van der Waals surface area (Å²) in [5, 5.41) is 9.34. The van der Waals surface area contributed by atoms with Gasteiger partial charge in [0.15, 0.2) is 0 Å². The third-order valence-electron chi connectivity index (χ3n) is 2.37. The SMILES string of the molecule is c1snnc1CNCCCC1CC1. The van der Waals surface area contributed by atoms with Crippen molar-refractivity contribution in [2.24, 2.45) is 5.92 Å². The van der Waals surface area contributed by atoms with E-state index in [1.807, 2.05) is 5.38 Å². The highest BCUT2D eigenvalue weighted by molar-refractivity contribution is 7.03. The molecule has 0 aromatic carbocycles. The Morgan fingerprint density at radius 2 is 2.46 bits per heavy atom. The van der Waals surface area contributed by atoms with Gasteiger partial charge < -0.3 is 5.32 Å². The summed E-state index contributed by atoms with van der Waals surface area (Å²) in [6.07, 6.45) is 5.65. The summed E-state index contributed by atoms with van der Waals surface area (Å²) in [7, 11) is 0. The van der Waals surface area contributed by atoms with Crippen LogP contribution in [-0.2, 0) is 6.54 Å². The Hall–Kier alpha value is -0.480. The molecule has 1 saturated carbocycles. The Balaban J connectivity index is 1.48. The molecule has 1 fully saturated rings. The van der Waals surface area contributed by atoms with Crippen LogP contribution in [-0.4, -0.2) is 16.1 Å². The first-order valence-electron chi connectivity index (χ1n) is 4.92. The average Bonchev–Trinajstić information content (AvgIpc) is 2.81. The molecule has 0 aliphatic heterocycles. The van der Waals surface area contributed by atoms with Gasteiger partial charge in [-0.05, 0) is 36.8 Å². The fourth-order valence-electron chi connectivity index (χ4n) is 1.40. The van der Waals surface area contributed by atoms with Crippen molar-refractivity contribution in [1.29, 1.82) is 0 Å². The molecule has 1 heterocycles. The first kappa shape index (κ1) is 9.09. The van der Waals surface area contributed by atoms with E-state index in [2.05, 4.69) is 14.9 Å². The summed E-state index contributed by atoms with van der Waals surface area (Å²) in [6.45, 7) is 2.00. The largest absolute Gasteiger partial charge is 0.311 e. The van der Waals surface area contributed by atoms with E-state index in [0.29, 0.717) is 0 Å². The minimum absolute atomic E-state index is 0.876. The molecule has 0 radical (unpaired) electrons. The highest BCUT2D eigenvalue weighted by atomic mass is 32.1. The van der Waals surface area contributed by atoms with Crippen LogP contribution in [0.15, 0.2) is 5.38 Å². The first-order chi connectivity index (χ1) is 6.45. The number of nitrogens with zero attached hydrogens (tertiary/aromatic N) is 2. The van der Waals surface area contributed by atoms with Crippen LogP contribution in [0.5, 0.6) is 0 Å². The summed E-state index contributed by atoms with van der Waals surface area (Å²) in [4.78, 5) is 0. The van der Waals surface area contributed by atoms with Crippen LogP contribution in [0.1, 0.15) is 31.4 Å². The molecule has 0 bridgehead atoms. The molecule has 1 aliphatic rings. The van der Waals surface area contributed by atoms with Crippen LogP contribution in [0.4, 0.5) is 0 Å². The van der Waals surface area contributed by atoms with Gasteiger partial charge in [-0.1, -0.05) is 17.3 Å². The van der Waals surface area contributed by atoms with Gasteiger partial charge in [-0.15, -0.1) is 5.10 Å². The second-order valence-electron chi connectivity index (χ2n) is 3.66. The van der Waals surface area contributed by atoms with E-state index in [0.717, 1.165) is 24.7 Å². The highest BCUT2D eigenvalue weighted by Crippen LogP contribution is 2.33. The Kier molecular flexibility index (Phi) is 3.27. The van der Waals surface area contributed by atoms with E-state index < -0.39 is 0 Å². The van der Waals surface area contributed by atoms with Crippen molar-refractivity contribution >= 4 is 11.5 Å². The van der Waals surface area contributed by atoms with Gasteiger partial charge in [0.05, 0.1) is 5.69 Å². The summed E-state index contributed by atoms with van der Waals surface area (Å²) < 4.78 is 3.81. The molecule has 72 valence electrons. The van der Waals surface area contributed by atoms with E-state index in [-0.39, 0.29) is 0 Å². The summed E-state index contributed by atoms with van der Waals surface area (Å²) >= 11 is 1.42. The molecule has 1 aromatic rings. The summed E-state index contributed by atoms with van der Waals surface area (Å²) in [6, 6.07) is 0. The van der Waals surface area contributed by atoms with Gasteiger partial charge in [0, 0.05) is 11.9 Å². The van der Waals surface area contributed by atoms with Gasteiger partial charge >= 0.3 is 0 Å². The molecule has 1 aromatic heterocycles.